The van der Waals surface area contributed by atoms with E-state index < -0.39 is 0 Å². The number of anilines is 2. The molecule has 20 heavy (non-hydrogen) atoms. The monoisotopic (exact) mass is 275 g/mol. The van der Waals surface area contributed by atoms with Crippen LogP contribution in [0.1, 0.15) is 19.5 Å². The van der Waals surface area contributed by atoms with Gasteiger partial charge in [0.25, 0.3) is 0 Å². The summed E-state index contributed by atoms with van der Waals surface area (Å²) >= 11 is 0. The van der Waals surface area contributed by atoms with Crippen molar-refractivity contribution in [3.05, 3.63) is 24.3 Å². The van der Waals surface area contributed by atoms with E-state index >= 15 is 0 Å². The highest BCUT2D eigenvalue weighted by Crippen LogP contribution is 2.11. The van der Waals surface area contributed by atoms with Gasteiger partial charge in [0.1, 0.15) is 6.33 Å². The van der Waals surface area contributed by atoms with Crippen molar-refractivity contribution in [3.8, 4) is 6.01 Å². The van der Waals surface area contributed by atoms with E-state index in [4.69, 9.17) is 4.74 Å². The van der Waals surface area contributed by atoms with Gasteiger partial charge in [-0.15, -0.1) is 0 Å². The third kappa shape index (κ3) is 4.01. The Balaban J connectivity index is 2.09. The Morgan fingerprint density at radius 1 is 1.10 bits per heavy atom. The van der Waals surface area contributed by atoms with Crippen molar-refractivity contribution in [1.29, 1.82) is 0 Å². The summed E-state index contributed by atoms with van der Waals surface area (Å²) < 4.78 is 5.32. The predicted molar refractivity (Wildman–Crippen MR) is 74.5 cm³/mol. The lowest BCUT2D eigenvalue weighted by Crippen LogP contribution is -2.11. The molecule has 0 fully saturated rings. The summed E-state index contributed by atoms with van der Waals surface area (Å²) in [4.78, 5) is 20.6. The van der Waals surface area contributed by atoms with Crippen molar-refractivity contribution in [2.24, 2.45) is 0 Å². The Labute approximate surface area is 117 Å². The molecule has 2 N–H and O–H groups in total. The third-order valence-corrected chi connectivity index (χ3v) is 2.29. The number of nitrogens with one attached hydrogen (secondary N) is 2. The van der Waals surface area contributed by atoms with E-state index in [0.717, 1.165) is 12.2 Å². The van der Waals surface area contributed by atoms with Crippen molar-refractivity contribution in [2.75, 3.05) is 23.8 Å². The second-order valence-corrected chi connectivity index (χ2v) is 3.78. The molecule has 0 bridgehead atoms. The summed E-state index contributed by atoms with van der Waals surface area (Å²) in [6, 6.07) is 2.12. The number of nitrogens with zero attached hydrogens (tertiary/aromatic N) is 5. The molecule has 0 saturated carbocycles. The zero-order valence-corrected chi connectivity index (χ0v) is 11.5. The fraction of sp³-hybridized carbons (Fsp3) is 0.417. The molecule has 0 atom stereocenters. The maximum Gasteiger partial charge on any atom is 0.323 e. The first-order valence-corrected chi connectivity index (χ1v) is 6.43. The molecule has 2 heterocycles. The van der Waals surface area contributed by atoms with Gasteiger partial charge in [-0.1, -0.05) is 0 Å². The molecule has 0 aromatic carbocycles. The Bertz CT molecular complexity index is 510. The molecular weight excluding hydrogens is 258 g/mol. The molecule has 2 aromatic heterocycles. The Kier molecular flexibility index (Phi) is 4.99. The molecule has 2 rings (SSSR count). The molecule has 8 heteroatoms. The Hall–Kier alpha value is -2.51. The number of aromatic nitrogens is 5. The largest absolute Gasteiger partial charge is 0.464 e. The maximum absolute atomic E-state index is 5.32. The lowest BCUT2D eigenvalue weighted by Gasteiger charge is -2.09. The molecular formula is C12H17N7O. The van der Waals surface area contributed by atoms with Gasteiger partial charge in [0.15, 0.2) is 0 Å². The van der Waals surface area contributed by atoms with Crippen LogP contribution in [-0.4, -0.2) is 38.1 Å². The van der Waals surface area contributed by atoms with Crippen molar-refractivity contribution in [2.45, 2.75) is 20.4 Å². The lowest BCUT2D eigenvalue weighted by molar-refractivity contribution is 0.312. The zero-order valence-electron chi connectivity index (χ0n) is 11.5. The van der Waals surface area contributed by atoms with Crippen LogP contribution in [0, 0.1) is 0 Å². The van der Waals surface area contributed by atoms with Crippen LogP contribution in [0.25, 0.3) is 0 Å². The third-order valence-electron chi connectivity index (χ3n) is 2.29. The standard InChI is InChI=1S/C12H17N7O/c1-3-14-10-17-11(19-12(18-10)20-4-2)15-7-9-5-6-13-8-16-9/h5-6,8H,3-4,7H2,1-2H3,(H2,14,15,17,18,19). The van der Waals surface area contributed by atoms with Gasteiger partial charge in [0, 0.05) is 12.7 Å². The van der Waals surface area contributed by atoms with Crippen LogP contribution in [0.4, 0.5) is 11.9 Å². The van der Waals surface area contributed by atoms with Crippen molar-refractivity contribution >= 4 is 11.9 Å². The highest BCUT2D eigenvalue weighted by molar-refractivity contribution is 5.36. The second kappa shape index (κ2) is 7.17. The molecule has 0 spiro atoms. The molecule has 0 radical (unpaired) electrons. The first-order chi connectivity index (χ1) is 9.81. The van der Waals surface area contributed by atoms with Crippen LogP contribution < -0.4 is 15.4 Å². The van der Waals surface area contributed by atoms with Crippen LogP contribution in [0.5, 0.6) is 6.01 Å². The first kappa shape index (κ1) is 13.9. The SMILES string of the molecule is CCNc1nc(NCc2ccncn2)nc(OCC)n1. The van der Waals surface area contributed by atoms with Crippen molar-refractivity contribution in [1.82, 2.24) is 24.9 Å². The smallest absolute Gasteiger partial charge is 0.323 e. The van der Waals surface area contributed by atoms with Crippen LogP contribution in [0.15, 0.2) is 18.6 Å². The van der Waals surface area contributed by atoms with Gasteiger partial charge >= 0.3 is 6.01 Å². The molecule has 8 nitrogen and oxygen atoms in total. The predicted octanol–water partition coefficient (Wildman–Crippen LogP) is 1.10. The van der Waals surface area contributed by atoms with Crippen LogP contribution in [0.3, 0.4) is 0 Å². The average Bonchev–Trinajstić information content (AvgIpc) is 2.47. The average molecular weight is 275 g/mol. The number of hydrogen-bond acceptors (Lipinski definition) is 8. The highest BCUT2D eigenvalue weighted by atomic mass is 16.5. The summed E-state index contributed by atoms with van der Waals surface area (Å²) in [5.74, 6) is 0.925. The first-order valence-electron chi connectivity index (χ1n) is 6.43. The normalized spacial score (nSPS) is 10.1. The van der Waals surface area contributed by atoms with Gasteiger partial charge in [-0.3, -0.25) is 0 Å². The molecule has 0 unspecified atom stereocenters. The second-order valence-electron chi connectivity index (χ2n) is 3.78. The fourth-order valence-corrected chi connectivity index (χ4v) is 1.46. The molecule has 0 aliphatic heterocycles. The maximum atomic E-state index is 5.32. The van der Waals surface area contributed by atoms with Gasteiger partial charge in [0.2, 0.25) is 11.9 Å². The van der Waals surface area contributed by atoms with E-state index in [2.05, 4.69) is 35.6 Å². The topological polar surface area (TPSA) is 97.7 Å². The van der Waals surface area contributed by atoms with Gasteiger partial charge in [-0.05, 0) is 19.9 Å². The molecule has 0 amide bonds. The molecule has 0 aliphatic carbocycles. The van der Waals surface area contributed by atoms with Gasteiger partial charge in [-0.2, -0.15) is 15.0 Å². The Morgan fingerprint density at radius 2 is 1.90 bits per heavy atom. The molecule has 0 aliphatic rings. The quantitative estimate of drug-likeness (QED) is 0.775. The van der Waals surface area contributed by atoms with Crippen LogP contribution >= 0.6 is 0 Å². The Morgan fingerprint density at radius 3 is 2.55 bits per heavy atom. The summed E-state index contributed by atoms with van der Waals surface area (Å²) in [6.45, 7) is 5.58. The van der Waals surface area contributed by atoms with Gasteiger partial charge in [0.05, 0.1) is 18.8 Å². The van der Waals surface area contributed by atoms with E-state index in [1.54, 1.807) is 6.20 Å². The van der Waals surface area contributed by atoms with Crippen LogP contribution in [0.2, 0.25) is 0 Å². The molecule has 0 saturated heterocycles. The molecule has 106 valence electrons. The fourth-order valence-electron chi connectivity index (χ4n) is 1.46. The lowest BCUT2D eigenvalue weighted by atomic mass is 10.4. The number of ether oxygens (including phenoxy) is 1. The minimum absolute atomic E-state index is 0.295. The number of hydrogen-bond donors (Lipinski definition) is 2. The minimum atomic E-state index is 0.295. The highest BCUT2D eigenvalue weighted by Gasteiger charge is 2.06. The molecule has 2 aromatic rings. The van der Waals surface area contributed by atoms with E-state index in [-0.39, 0.29) is 0 Å². The summed E-state index contributed by atoms with van der Waals surface area (Å²) in [7, 11) is 0. The van der Waals surface area contributed by atoms with Gasteiger partial charge < -0.3 is 15.4 Å². The zero-order chi connectivity index (χ0) is 14.2. The van der Waals surface area contributed by atoms with E-state index in [0.29, 0.717) is 31.1 Å². The van der Waals surface area contributed by atoms with Gasteiger partial charge in [-0.25, -0.2) is 9.97 Å². The minimum Gasteiger partial charge on any atom is -0.464 e. The van der Waals surface area contributed by atoms with E-state index in [9.17, 15) is 0 Å². The van der Waals surface area contributed by atoms with Crippen molar-refractivity contribution in [3.63, 3.8) is 0 Å². The summed E-state index contributed by atoms with van der Waals surface area (Å²) in [5, 5.41) is 6.12. The summed E-state index contributed by atoms with van der Waals surface area (Å²) in [6.07, 6.45) is 3.19. The van der Waals surface area contributed by atoms with Crippen LogP contribution in [-0.2, 0) is 6.54 Å². The summed E-state index contributed by atoms with van der Waals surface area (Å²) in [5.41, 5.74) is 0.850. The van der Waals surface area contributed by atoms with E-state index in [1.165, 1.54) is 6.33 Å². The van der Waals surface area contributed by atoms with E-state index in [1.807, 2.05) is 19.9 Å². The van der Waals surface area contributed by atoms with Crippen molar-refractivity contribution < 1.29 is 4.74 Å². The number of rotatable bonds is 7.